The number of carbonyl (C=O) groups is 2. The lowest BCUT2D eigenvalue weighted by molar-refractivity contribution is -0.118. The predicted octanol–water partition coefficient (Wildman–Crippen LogP) is -0.328. The molecule has 0 spiro atoms. The molecule has 2 aliphatic heterocycles. The third-order valence-electron chi connectivity index (χ3n) is 6.06. The topological polar surface area (TPSA) is 161 Å². The fraction of sp³-hybridized carbons (Fsp3) is 0.391. The smallest absolute Gasteiger partial charge is 0.270 e. The second-order valence-corrected chi connectivity index (χ2v) is 8.55. The van der Waals surface area contributed by atoms with E-state index < -0.39 is 6.10 Å². The van der Waals surface area contributed by atoms with Crippen LogP contribution >= 0.6 is 0 Å². The summed E-state index contributed by atoms with van der Waals surface area (Å²) in [6.45, 7) is 0.775. The average molecular weight is 495 g/mol. The molecule has 1 saturated heterocycles. The molecule has 13 heteroatoms. The summed E-state index contributed by atoms with van der Waals surface area (Å²) in [5, 5.41) is 16.4. The lowest BCUT2D eigenvalue weighted by Crippen LogP contribution is -2.38. The van der Waals surface area contributed by atoms with Crippen LogP contribution in [0.2, 0.25) is 0 Å². The van der Waals surface area contributed by atoms with E-state index in [-0.39, 0.29) is 55.4 Å². The number of hydrogen-bond donors (Lipinski definition) is 3. The lowest BCUT2D eigenvalue weighted by Gasteiger charge is -2.21. The Morgan fingerprint density at radius 3 is 2.94 bits per heavy atom. The first-order chi connectivity index (χ1) is 17.4. The summed E-state index contributed by atoms with van der Waals surface area (Å²) in [5.74, 6) is 1.11. The van der Waals surface area contributed by atoms with Crippen molar-refractivity contribution in [3.63, 3.8) is 0 Å². The number of fused-ring (bicyclic) bond motifs is 2. The molecule has 0 radical (unpaired) electrons. The van der Waals surface area contributed by atoms with Crippen molar-refractivity contribution >= 4 is 34.6 Å². The minimum absolute atomic E-state index is 0.0677. The molecule has 1 fully saturated rings. The van der Waals surface area contributed by atoms with Crippen LogP contribution < -0.4 is 30.6 Å². The van der Waals surface area contributed by atoms with E-state index in [2.05, 4.69) is 25.6 Å². The molecule has 2 amide bonds. The third kappa shape index (κ3) is 4.83. The maximum atomic E-state index is 12.6. The van der Waals surface area contributed by atoms with Crippen LogP contribution in [-0.4, -0.2) is 75.4 Å². The van der Waals surface area contributed by atoms with E-state index in [9.17, 15) is 19.5 Å². The first-order valence-electron chi connectivity index (χ1n) is 11.5. The number of hydrogen-bond acceptors (Lipinski definition) is 10. The Hall–Kier alpha value is -4.10. The maximum Gasteiger partial charge on any atom is 0.270 e. The number of pyridine rings is 2. The number of nitrogens with one attached hydrogen (secondary N) is 2. The largest absolute Gasteiger partial charge is 0.481 e. The van der Waals surface area contributed by atoms with Gasteiger partial charge >= 0.3 is 0 Å². The Morgan fingerprint density at radius 1 is 1.25 bits per heavy atom. The van der Waals surface area contributed by atoms with Crippen LogP contribution in [0.4, 0.5) is 11.6 Å². The molecule has 0 aliphatic carbocycles. The van der Waals surface area contributed by atoms with Gasteiger partial charge in [-0.3, -0.25) is 23.9 Å². The molecule has 2 atom stereocenters. The van der Waals surface area contributed by atoms with Gasteiger partial charge in [-0.25, -0.2) is 9.97 Å². The monoisotopic (exact) mass is 495 g/mol. The summed E-state index contributed by atoms with van der Waals surface area (Å²) in [4.78, 5) is 50.8. The van der Waals surface area contributed by atoms with Crippen LogP contribution in [0.25, 0.3) is 11.2 Å². The normalized spacial score (nSPS) is 18.1. The number of amides is 2. The summed E-state index contributed by atoms with van der Waals surface area (Å²) in [6.07, 6.45) is 1.00. The van der Waals surface area contributed by atoms with Crippen molar-refractivity contribution in [3.05, 3.63) is 40.8 Å². The van der Waals surface area contributed by atoms with Gasteiger partial charge < -0.3 is 25.2 Å². The fourth-order valence-corrected chi connectivity index (χ4v) is 4.20. The minimum Gasteiger partial charge on any atom is -0.481 e. The van der Waals surface area contributed by atoms with E-state index in [1.165, 1.54) is 22.8 Å². The van der Waals surface area contributed by atoms with Gasteiger partial charge in [-0.15, -0.1) is 0 Å². The molecular formula is C23H25N7O6. The van der Waals surface area contributed by atoms with Crippen molar-refractivity contribution in [1.82, 2.24) is 24.8 Å². The van der Waals surface area contributed by atoms with E-state index in [1.54, 1.807) is 24.3 Å². The zero-order valence-corrected chi connectivity index (χ0v) is 19.5. The van der Waals surface area contributed by atoms with E-state index in [0.717, 1.165) is 0 Å². The highest BCUT2D eigenvalue weighted by molar-refractivity contribution is 5.97. The summed E-state index contributed by atoms with van der Waals surface area (Å²) in [5.41, 5.74) is 0.618. The van der Waals surface area contributed by atoms with Gasteiger partial charge in [0.1, 0.15) is 11.3 Å². The zero-order valence-electron chi connectivity index (χ0n) is 19.5. The number of carbonyl (C=O) groups excluding carboxylic acids is 2. The van der Waals surface area contributed by atoms with Crippen LogP contribution in [0, 0.1) is 0 Å². The molecule has 5 rings (SSSR count). The molecule has 3 N–H and O–H groups in total. The predicted molar refractivity (Wildman–Crippen MR) is 128 cm³/mol. The molecule has 0 bridgehead atoms. The number of methoxy groups -OCH3 is 1. The highest BCUT2D eigenvalue weighted by Crippen LogP contribution is 2.30. The first kappa shape index (κ1) is 23.6. The second-order valence-electron chi connectivity index (χ2n) is 8.55. The quantitative estimate of drug-likeness (QED) is 0.377. The Balaban J connectivity index is 1.18. The summed E-state index contributed by atoms with van der Waals surface area (Å²) < 4.78 is 11.9. The first-order valence-corrected chi connectivity index (χ1v) is 11.5. The Morgan fingerprint density at radius 2 is 2.11 bits per heavy atom. The molecule has 3 aromatic heterocycles. The molecule has 0 saturated carbocycles. The van der Waals surface area contributed by atoms with Gasteiger partial charge in [0.2, 0.25) is 11.8 Å². The van der Waals surface area contributed by atoms with Crippen LogP contribution in [0.5, 0.6) is 11.6 Å². The minimum atomic E-state index is -0.760. The van der Waals surface area contributed by atoms with Gasteiger partial charge in [-0.1, -0.05) is 0 Å². The van der Waals surface area contributed by atoms with E-state index in [4.69, 9.17) is 9.47 Å². The molecule has 3 aromatic rings. The van der Waals surface area contributed by atoms with Crippen molar-refractivity contribution < 1.29 is 24.2 Å². The summed E-state index contributed by atoms with van der Waals surface area (Å²) in [7, 11) is 1.49. The maximum absolute atomic E-state index is 12.6. The highest BCUT2D eigenvalue weighted by Gasteiger charge is 2.32. The molecule has 36 heavy (non-hydrogen) atoms. The van der Waals surface area contributed by atoms with Crippen molar-refractivity contribution in [2.24, 2.45) is 0 Å². The summed E-state index contributed by atoms with van der Waals surface area (Å²) in [6, 6.07) is 6.54. The van der Waals surface area contributed by atoms with Crippen LogP contribution in [0.15, 0.2) is 35.3 Å². The number of ether oxygens (including phenoxy) is 2. The molecule has 188 valence electrons. The van der Waals surface area contributed by atoms with Crippen molar-refractivity contribution in [2.75, 3.05) is 37.0 Å². The Labute approximate surface area is 205 Å². The van der Waals surface area contributed by atoms with Gasteiger partial charge in [-0.05, 0) is 24.6 Å². The van der Waals surface area contributed by atoms with E-state index in [1.807, 2.05) is 0 Å². The van der Waals surface area contributed by atoms with Gasteiger partial charge in [-0.2, -0.15) is 4.98 Å². The number of aliphatic hydroxyl groups excluding tert-OH is 1. The second kappa shape index (κ2) is 9.87. The molecular weight excluding hydrogens is 470 g/mol. The van der Waals surface area contributed by atoms with Gasteiger partial charge in [0.05, 0.1) is 19.4 Å². The third-order valence-corrected chi connectivity index (χ3v) is 6.06. The standard InChI is InChI=1S/C23H25N7O6/c1-35-19-5-2-15-23(28-19)29(21(34)10-25-15)7-6-14(31)9-24-13-8-20(33)30(11-13)17-4-3-16-22(26-17)27-18(32)12-36-16/h2-5,10,13-14,24,31H,6-9,11-12H2,1H3,(H,26,27,32)/t13-,14-/m0/s1. The molecule has 2 aliphatic rings. The molecule has 0 unspecified atom stereocenters. The van der Waals surface area contributed by atoms with Crippen molar-refractivity contribution in [3.8, 4) is 11.6 Å². The van der Waals surface area contributed by atoms with Crippen molar-refractivity contribution in [2.45, 2.75) is 31.5 Å². The molecule has 13 nitrogen and oxygen atoms in total. The average Bonchev–Trinajstić information content (AvgIpc) is 3.26. The highest BCUT2D eigenvalue weighted by atomic mass is 16.5. The molecule has 0 aromatic carbocycles. The number of aromatic nitrogens is 4. The number of aryl methyl sites for hydroxylation is 1. The number of anilines is 2. The lowest BCUT2D eigenvalue weighted by atomic mass is 10.2. The van der Waals surface area contributed by atoms with Crippen LogP contribution in [0.3, 0.4) is 0 Å². The number of rotatable bonds is 8. The van der Waals surface area contributed by atoms with Crippen LogP contribution in [-0.2, 0) is 16.1 Å². The molecule has 5 heterocycles. The summed E-state index contributed by atoms with van der Waals surface area (Å²) >= 11 is 0. The van der Waals surface area contributed by atoms with E-state index >= 15 is 0 Å². The van der Waals surface area contributed by atoms with E-state index in [0.29, 0.717) is 41.6 Å². The zero-order chi connectivity index (χ0) is 25.2. The van der Waals surface area contributed by atoms with Gasteiger partial charge in [0, 0.05) is 38.2 Å². The van der Waals surface area contributed by atoms with Gasteiger partial charge in [0.25, 0.3) is 11.5 Å². The van der Waals surface area contributed by atoms with Gasteiger partial charge in [0.15, 0.2) is 23.8 Å². The Kier molecular flexibility index (Phi) is 6.48. The van der Waals surface area contributed by atoms with Crippen molar-refractivity contribution in [1.29, 1.82) is 0 Å². The fourth-order valence-electron chi connectivity index (χ4n) is 4.20. The Bertz CT molecular complexity index is 1380. The number of aliphatic hydroxyl groups is 1. The SMILES string of the molecule is COc1ccc2ncc(=O)n(CC[C@H](O)CN[C@H]3CC(=O)N(c4ccc5c(n4)NC(=O)CO5)C3)c2n1. The number of nitrogens with zero attached hydrogens (tertiary/aromatic N) is 5. The van der Waals surface area contributed by atoms with Crippen LogP contribution in [0.1, 0.15) is 12.8 Å².